The summed E-state index contributed by atoms with van der Waals surface area (Å²) in [5, 5.41) is 4.52. The number of hydrazone groups is 1. The molecule has 0 radical (unpaired) electrons. The van der Waals surface area contributed by atoms with E-state index >= 15 is 0 Å². The number of amides is 1. The van der Waals surface area contributed by atoms with Crippen LogP contribution >= 0.6 is 27.5 Å². The zero-order valence-electron chi connectivity index (χ0n) is 21.9. The highest BCUT2D eigenvalue weighted by molar-refractivity contribution is 9.10. The van der Waals surface area contributed by atoms with Crippen molar-refractivity contribution in [3.8, 4) is 5.69 Å². The van der Waals surface area contributed by atoms with Gasteiger partial charge in [-0.15, -0.1) is 0 Å². The van der Waals surface area contributed by atoms with Crippen molar-refractivity contribution in [3.63, 3.8) is 0 Å². The Morgan fingerprint density at radius 3 is 2.31 bits per heavy atom. The molecule has 1 heterocycles. The second-order valence-corrected chi connectivity index (χ2v) is 12.4. The maximum Gasteiger partial charge on any atom is 0.264 e. The van der Waals surface area contributed by atoms with Crippen molar-refractivity contribution < 1.29 is 13.2 Å². The Bertz CT molecular complexity index is 1650. The number of carbonyl (C=O) groups is 1. The molecule has 4 aromatic rings. The van der Waals surface area contributed by atoms with Gasteiger partial charge in [-0.25, -0.2) is 13.8 Å². The van der Waals surface area contributed by atoms with Gasteiger partial charge in [0.25, 0.3) is 15.9 Å². The Morgan fingerprint density at radius 2 is 1.67 bits per heavy atom. The number of benzene rings is 3. The van der Waals surface area contributed by atoms with Crippen molar-refractivity contribution >= 4 is 55.4 Å². The van der Waals surface area contributed by atoms with Gasteiger partial charge >= 0.3 is 0 Å². The van der Waals surface area contributed by atoms with E-state index in [1.807, 2.05) is 58.0 Å². The molecule has 0 aliphatic rings. The Morgan fingerprint density at radius 1 is 1.00 bits per heavy atom. The van der Waals surface area contributed by atoms with Gasteiger partial charge in [-0.2, -0.15) is 5.10 Å². The van der Waals surface area contributed by atoms with Gasteiger partial charge in [0, 0.05) is 32.1 Å². The number of halogens is 2. The smallest absolute Gasteiger partial charge is 0.264 e. The molecule has 4 rings (SSSR count). The number of sulfonamides is 1. The standard InChI is InChI=1S/C29H28BrClN4O3S/c1-19-5-13-27(14-6-19)39(37,38)34(26-10-7-20(2)28(31)16-26)18-29(36)33-32-17-23-15-21(3)35(22(23)4)25-11-8-24(30)9-12-25/h5-17H,18H2,1-4H3,(H,33,36)/b32-17-. The lowest BCUT2D eigenvalue weighted by Gasteiger charge is -2.24. The van der Waals surface area contributed by atoms with Crippen LogP contribution in [0.1, 0.15) is 28.1 Å². The number of nitrogens with one attached hydrogen (secondary N) is 1. The molecule has 1 amide bonds. The van der Waals surface area contributed by atoms with Gasteiger partial charge in [0.15, 0.2) is 0 Å². The summed E-state index contributed by atoms with van der Waals surface area (Å²) in [6.45, 7) is 7.17. The van der Waals surface area contributed by atoms with E-state index in [0.717, 1.165) is 42.5 Å². The predicted molar refractivity (Wildman–Crippen MR) is 161 cm³/mol. The van der Waals surface area contributed by atoms with Gasteiger partial charge in [0.05, 0.1) is 16.8 Å². The summed E-state index contributed by atoms with van der Waals surface area (Å²) in [5.41, 5.74) is 8.25. The minimum Gasteiger partial charge on any atom is -0.318 e. The van der Waals surface area contributed by atoms with Crippen molar-refractivity contribution in [2.24, 2.45) is 5.10 Å². The Kier molecular flexibility index (Phi) is 8.64. The minimum absolute atomic E-state index is 0.0708. The van der Waals surface area contributed by atoms with Gasteiger partial charge in [0.2, 0.25) is 0 Å². The van der Waals surface area contributed by atoms with Crippen LogP contribution in [0.15, 0.2) is 87.3 Å². The van der Waals surface area contributed by atoms with Crippen molar-refractivity contribution in [1.82, 2.24) is 9.99 Å². The number of hydrogen-bond donors (Lipinski definition) is 1. The van der Waals surface area contributed by atoms with E-state index in [-0.39, 0.29) is 10.6 Å². The van der Waals surface area contributed by atoms with Crippen molar-refractivity contribution in [1.29, 1.82) is 0 Å². The molecule has 0 fully saturated rings. The molecule has 0 spiro atoms. The molecule has 0 aliphatic carbocycles. The van der Waals surface area contributed by atoms with Crippen LogP contribution in [0, 0.1) is 27.7 Å². The fourth-order valence-corrected chi connectivity index (χ4v) is 5.99. The number of anilines is 1. The molecular weight excluding hydrogens is 600 g/mol. The zero-order chi connectivity index (χ0) is 28.3. The predicted octanol–water partition coefficient (Wildman–Crippen LogP) is 6.47. The molecule has 0 saturated carbocycles. The van der Waals surface area contributed by atoms with E-state index in [0.29, 0.717) is 5.02 Å². The third-order valence-corrected chi connectivity index (χ3v) is 9.01. The normalized spacial score (nSPS) is 11.6. The molecule has 3 aromatic carbocycles. The molecule has 1 N–H and O–H groups in total. The van der Waals surface area contributed by atoms with E-state index in [1.54, 1.807) is 30.5 Å². The average Bonchev–Trinajstić information content (AvgIpc) is 3.17. The highest BCUT2D eigenvalue weighted by Gasteiger charge is 2.27. The molecule has 0 aliphatic heterocycles. The Hall–Kier alpha value is -3.40. The summed E-state index contributed by atoms with van der Waals surface area (Å²) in [6.07, 6.45) is 1.55. The number of carbonyl (C=O) groups excluding carboxylic acids is 1. The van der Waals surface area contributed by atoms with Crippen LogP contribution < -0.4 is 9.73 Å². The third kappa shape index (κ3) is 6.43. The fraction of sp³-hybridized carbons (Fsp3) is 0.172. The summed E-state index contributed by atoms with van der Waals surface area (Å²) >= 11 is 9.75. The van der Waals surface area contributed by atoms with Crippen LogP contribution in [0.5, 0.6) is 0 Å². The molecule has 1 aromatic heterocycles. The lowest BCUT2D eigenvalue weighted by molar-refractivity contribution is -0.119. The first-order chi connectivity index (χ1) is 18.5. The number of rotatable bonds is 8. The van der Waals surface area contributed by atoms with Gasteiger partial charge < -0.3 is 4.57 Å². The fourth-order valence-electron chi connectivity index (χ4n) is 4.13. The average molecular weight is 628 g/mol. The van der Waals surface area contributed by atoms with Gasteiger partial charge in [0.1, 0.15) is 6.54 Å². The quantitative estimate of drug-likeness (QED) is 0.180. The third-order valence-electron chi connectivity index (χ3n) is 6.29. The first kappa shape index (κ1) is 28.6. The molecule has 7 nitrogen and oxygen atoms in total. The van der Waals surface area contributed by atoms with Crippen LogP contribution in [-0.2, 0) is 14.8 Å². The van der Waals surface area contributed by atoms with Gasteiger partial charge in [-0.1, -0.05) is 51.3 Å². The number of aryl methyl sites for hydroxylation is 3. The maximum absolute atomic E-state index is 13.6. The SMILES string of the molecule is Cc1ccc(S(=O)(=O)N(CC(=O)N/N=C\c2cc(C)n(-c3ccc(Br)cc3)c2C)c2ccc(C)c(Cl)c2)cc1. The van der Waals surface area contributed by atoms with Crippen molar-refractivity contribution in [2.45, 2.75) is 32.6 Å². The summed E-state index contributed by atoms with van der Waals surface area (Å²) < 4.78 is 31.3. The number of nitrogens with zero attached hydrogens (tertiary/aromatic N) is 3. The second-order valence-electron chi connectivity index (χ2n) is 9.19. The van der Waals surface area contributed by atoms with Crippen LogP contribution in [0.2, 0.25) is 5.02 Å². The van der Waals surface area contributed by atoms with Crippen LogP contribution in [-0.4, -0.2) is 31.7 Å². The largest absolute Gasteiger partial charge is 0.318 e. The summed E-state index contributed by atoms with van der Waals surface area (Å²) in [6, 6.07) is 21.3. The molecule has 202 valence electrons. The van der Waals surface area contributed by atoms with E-state index in [4.69, 9.17) is 11.6 Å². The highest BCUT2D eigenvalue weighted by atomic mass is 79.9. The monoisotopic (exact) mass is 626 g/mol. The van der Waals surface area contributed by atoms with Crippen LogP contribution in [0.25, 0.3) is 5.69 Å². The molecule has 39 heavy (non-hydrogen) atoms. The topological polar surface area (TPSA) is 83.8 Å². The molecule has 0 saturated heterocycles. The minimum atomic E-state index is -4.06. The summed E-state index contributed by atoms with van der Waals surface area (Å²) in [5.74, 6) is -0.597. The van der Waals surface area contributed by atoms with E-state index in [1.165, 1.54) is 18.2 Å². The first-order valence-electron chi connectivity index (χ1n) is 12.1. The molecule has 0 atom stereocenters. The molecule has 0 unspecified atom stereocenters. The number of hydrogen-bond acceptors (Lipinski definition) is 4. The van der Waals surface area contributed by atoms with Crippen molar-refractivity contribution in [3.05, 3.63) is 110 Å². The zero-order valence-corrected chi connectivity index (χ0v) is 25.1. The van der Waals surface area contributed by atoms with E-state index in [9.17, 15) is 13.2 Å². The van der Waals surface area contributed by atoms with Crippen LogP contribution in [0.3, 0.4) is 0 Å². The Labute approximate surface area is 242 Å². The first-order valence-corrected chi connectivity index (χ1v) is 14.7. The lowest BCUT2D eigenvalue weighted by atomic mass is 10.2. The lowest BCUT2D eigenvalue weighted by Crippen LogP contribution is -2.39. The van der Waals surface area contributed by atoms with Gasteiger partial charge in [-0.05, 0) is 87.9 Å². The molecule has 0 bridgehead atoms. The van der Waals surface area contributed by atoms with E-state index in [2.05, 4.69) is 31.0 Å². The van der Waals surface area contributed by atoms with Gasteiger partial charge in [-0.3, -0.25) is 9.10 Å². The highest BCUT2D eigenvalue weighted by Crippen LogP contribution is 2.28. The molecular formula is C29H28BrClN4O3S. The molecule has 10 heteroatoms. The second kappa shape index (κ2) is 11.8. The van der Waals surface area contributed by atoms with E-state index < -0.39 is 22.5 Å². The summed E-state index contributed by atoms with van der Waals surface area (Å²) in [4.78, 5) is 13.0. The van der Waals surface area contributed by atoms with Crippen LogP contribution in [0.4, 0.5) is 5.69 Å². The maximum atomic E-state index is 13.6. The number of aromatic nitrogens is 1. The Balaban J connectivity index is 1.57. The summed E-state index contributed by atoms with van der Waals surface area (Å²) in [7, 11) is -4.06. The van der Waals surface area contributed by atoms with Crippen molar-refractivity contribution in [2.75, 3.05) is 10.8 Å².